The molecule has 1 N–H and O–H groups in total. The van der Waals surface area contributed by atoms with Crippen LogP contribution in [0.15, 0.2) is 0 Å². The minimum atomic E-state index is 0.0663. The lowest BCUT2D eigenvalue weighted by atomic mass is 10.0. The highest BCUT2D eigenvalue weighted by molar-refractivity contribution is 5.73. The van der Waals surface area contributed by atoms with Crippen LogP contribution in [0.4, 0.5) is 4.79 Å². The van der Waals surface area contributed by atoms with Crippen molar-refractivity contribution in [1.82, 2.24) is 10.2 Å². The van der Waals surface area contributed by atoms with E-state index in [4.69, 9.17) is 0 Å². The first-order valence-electron chi connectivity index (χ1n) is 5.20. The van der Waals surface area contributed by atoms with E-state index in [0.29, 0.717) is 5.92 Å². The van der Waals surface area contributed by atoms with Gasteiger partial charge >= 0.3 is 6.03 Å². The molecule has 3 nitrogen and oxygen atoms in total. The van der Waals surface area contributed by atoms with Gasteiger partial charge in [0.05, 0.1) is 0 Å². The zero-order valence-corrected chi connectivity index (χ0v) is 9.26. The third kappa shape index (κ3) is 4.15. The summed E-state index contributed by atoms with van der Waals surface area (Å²) in [5, 5.41) is 2.64. The molecule has 78 valence electrons. The zero-order chi connectivity index (χ0) is 10.3. The minimum Gasteiger partial charge on any atom is -0.341 e. The summed E-state index contributed by atoms with van der Waals surface area (Å²) < 4.78 is 0. The van der Waals surface area contributed by atoms with Gasteiger partial charge in [-0.05, 0) is 18.8 Å². The molecule has 0 aromatic rings. The number of hydrogen-bond donors (Lipinski definition) is 1. The maximum atomic E-state index is 11.1. The molecule has 0 aliphatic carbocycles. The topological polar surface area (TPSA) is 32.3 Å². The lowest BCUT2D eigenvalue weighted by molar-refractivity contribution is 0.172. The number of likely N-dealkylation sites (tertiary alicyclic amines) is 1. The minimum absolute atomic E-state index is 0.0663. The Balaban J connectivity index is 0.000000671. The molecule has 0 bridgehead atoms. The van der Waals surface area contributed by atoms with Gasteiger partial charge in [-0.15, -0.1) is 0 Å². The Morgan fingerprint density at radius 2 is 2.08 bits per heavy atom. The number of piperidine rings is 1. The largest absolute Gasteiger partial charge is 0.341 e. The van der Waals surface area contributed by atoms with Gasteiger partial charge in [0.25, 0.3) is 0 Å². The molecule has 0 aromatic heterocycles. The SMILES string of the molecule is CC.CNC(=O)N1CCCC(C)C1. The van der Waals surface area contributed by atoms with Crippen molar-refractivity contribution in [2.24, 2.45) is 5.92 Å². The van der Waals surface area contributed by atoms with Crippen molar-refractivity contribution in [2.45, 2.75) is 33.6 Å². The van der Waals surface area contributed by atoms with Crippen molar-refractivity contribution in [1.29, 1.82) is 0 Å². The monoisotopic (exact) mass is 186 g/mol. The maximum absolute atomic E-state index is 11.1. The third-order valence-electron chi connectivity index (χ3n) is 2.16. The fourth-order valence-electron chi connectivity index (χ4n) is 1.53. The van der Waals surface area contributed by atoms with Crippen LogP contribution in [0.5, 0.6) is 0 Å². The number of urea groups is 1. The Hall–Kier alpha value is -0.730. The lowest BCUT2D eigenvalue weighted by Crippen LogP contribution is -2.43. The van der Waals surface area contributed by atoms with Crippen LogP contribution in [-0.2, 0) is 0 Å². The summed E-state index contributed by atoms with van der Waals surface area (Å²) in [6.07, 6.45) is 2.40. The highest BCUT2D eigenvalue weighted by Crippen LogP contribution is 2.14. The van der Waals surface area contributed by atoms with Crippen LogP contribution in [0, 0.1) is 5.92 Å². The van der Waals surface area contributed by atoms with Crippen molar-refractivity contribution >= 4 is 6.03 Å². The molecular weight excluding hydrogens is 164 g/mol. The molecule has 1 atom stereocenters. The van der Waals surface area contributed by atoms with Gasteiger partial charge in [0.1, 0.15) is 0 Å². The second kappa shape index (κ2) is 6.75. The smallest absolute Gasteiger partial charge is 0.317 e. The molecule has 0 aromatic carbocycles. The van der Waals surface area contributed by atoms with Gasteiger partial charge in [0.15, 0.2) is 0 Å². The quantitative estimate of drug-likeness (QED) is 0.617. The van der Waals surface area contributed by atoms with Crippen LogP contribution in [0.25, 0.3) is 0 Å². The van der Waals surface area contributed by atoms with Crippen molar-refractivity contribution in [2.75, 3.05) is 20.1 Å². The average Bonchev–Trinajstić information content (AvgIpc) is 2.20. The normalized spacial score (nSPS) is 21.5. The van der Waals surface area contributed by atoms with Crippen molar-refractivity contribution < 1.29 is 4.79 Å². The van der Waals surface area contributed by atoms with E-state index in [1.54, 1.807) is 7.05 Å². The van der Waals surface area contributed by atoms with Gasteiger partial charge in [0.2, 0.25) is 0 Å². The summed E-state index contributed by atoms with van der Waals surface area (Å²) in [5.74, 6) is 0.668. The fourth-order valence-corrected chi connectivity index (χ4v) is 1.53. The summed E-state index contributed by atoms with van der Waals surface area (Å²) in [5.41, 5.74) is 0. The molecule has 0 spiro atoms. The van der Waals surface area contributed by atoms with Crippen LogP contribution in [-0.4, -0.2) is 31.1 Å². The molecule has 1 heterocycles. The van der Waals surface area contributed by atoms with Gasteiger partial charge in [0, 0.05) is 20.1 Å². The Morgan fingerprint density at radius 1 is 1.46 bits per heavy atom. The van der Waals surface area contributed by atoms with Crippen LogP contribution in [0.2, 0.25) is 0 Å². The third-order valence-corrected chi connectivity index (χ3v) is 2.16. The molecule has 0 saturated carbocycles. The number of amides is 2. The molecule has 1 aliphatic rings. The highest BCUT2D eigenvalue weighted by atomic mass is 16.2. The van der Waals surface area contributed by atoms with Gasteiger partial charge in [-0.25, -0.2) is 4.79 Å². The number of hydrogen-bond acceptors (Lipinski definition) is 1. The van der Waals surface area contributed by atoms with Gasteiger partial charge in [-0.3, -0.25) is 0 Å². The number of rotatable bonds is 0. The Kier molecular flexibility index (Phi) is 6.37. The number of nitrogens with zero attached hydrogens (tertiary/aromatic N) is 1. The van der Waals surface area contributed by atoms with Crippen LogP contribution in [0.3, 0.4) is 0 Å². The first kappa shape index (κ1) is 12.3. The van der Waals surface area contributed by atoms with E-state index in [-0.39, 0.29) is 6.03 Å². The fraction of sp³-hybridized carbons (Fsp3) is 0.900. The Bertz CT molecular complexity index is 148. The standard InChI is InChI=1S/C8H16N2O.C2H6/c1-7-4-3-5-10(6-7)8(11)9-2;1-2/h7H,3-6H2,1-2H3,(H,9,11);1-2H3. The van der Waals surface area contributed by atoms with E-state index in [1.165, 1.54) is 6.42 Å². The average molecular weight is 186 g/mol. The van der Waals surface area contributed by atoms with E-state index in [1.807, 2.05) is 18.7 Å². The van der Waals surface area contributed by atoms with Gasteiger partial charge < -0.3 is 10.2 Å². The molecule has 1 unspecified atom stereocenters. The predicted molar refractivity (Wildman–Crippen MR) is 55.8 cm³/mol. The van der Waals surface area contributed by atoms with Crippen LogP contribution in [0.1, 0.15) is 33.6 Å². The summed E-state index contributed by atoms with van der Waals surface area (Å²) in [7, 11) is 1.68. The van der Waals surface area contributed by atoms with E-state index in [0.717, 1.165) is 19.5 Å². The van der Waals surface area contributed by atoms with Crippen LogP contribution < -0.4 is 5.32 Å². The van der Waals surface area contributed by atoms with E-state index < -0.39 is 0 Å². The highest BCUT2D eigenvalue weighted by Gasteiger charge is 2.19. The van der Waals surface area contributed by atoms with E-state index >= 15 is 0 Å². The molecular formula is C10H22N2O. The second-order valence-electron chi connectivity index (χ2n) is 3.25. The molecule has 0 radical (unpaired) electrons. The van der Waals surface area contributed by atoms with Crippen molar-refractivity contribution in [3.05, 3.63) is 0 Å². The maximum Gasteiger partial charge on any atom is 0.317 e. The molecule has 1 saturated heterocycles. The predicted octanol–water partition coefficient (Wildman–Crippen LogP) is 2.08. The molecule has 13 heavy (non-hydrogen) atoms. The first-order valence-corrected chi connectivity index (χ1v) is 5.20. The number of nitrogens with one attached hydrogen (secondary N) is 1. The lowest BCUT2D eigenvalue weighted by Gasteiger charge is -2.30. The van der Waals surface area contributed by atoms with Crippen LogP contribution >= 0.6 is 0 Å². The van der Waals surface area contributed by atoms with Gasteiger partial charge in [-0.1, -0.05) is 20.8 Å². The zero-order valence-electron chi connectivity index (χ0n) is 9.26. The van der Waals surface area contributed by atoms with E-state index in [9.17, 15) is 4.79 Å². The molecule has 1 fully saturated rings. The first-order chi connectivity index (χ1) is 6.24. The van der Waals surface area contributed by atoms with Gasteiger partial charge in [-0.2, -0.15) is 0 Å². The van der Waals surface area contributed by atoms with Crippen molar-refractivity contribution in [3.8, 4) is 0 Å². The molecule has 1 aliphatic heterocycles. The summed E-state index contributed by atoms with van der Waals surface area (Å²) in [6.45, 7) is 8.03. The molecule has 1 rings (SSSR count). The molecule has 3 heteroatoms. The summed E-state index contributed by atoms with van der Waals surface area (Å²) in [6, 6.07) is 0.0663. The van der Waals surface area contributed by atoms with Crippen molar-refractivity contribution in [3.63, 3.8) is 0 Å². The number of carbonyl (C=O) groups excluding carboxylic acids is 1. The number of carbonyl (C=O) groups is 1. The summed E-state index contributed by atoms with van der Waals surface area (Å²) >= 11 is 0. The Labute approximate surface area is 81.5 Å². The Morgan fingerprint density at radius 3 is 2.54 bits per heavy atom. The second-order valence-corrected chi connectivity index (χ2v) is 3.25. The van der Waals surface area contributed by atoms with E-state index in [2.05, 4.69) is 12.2 Å². The molecule has 2 amide bonds. The summed E-state index contributed by atoms with van der Waals surface area (Å²) in [4.78, 5) is 13.0.